The molecule has 21 heavy (non-hydrogen) atoms. The average Bonchev–Trinajstić information content (AvgIpc) is 2.44. The number of nitrogen functional groups attached to an aromatic ring is 1. The van der Waals surface area contributed by atoms with Crippen LogP contribution in [-0.4, -0.2) is 8.42 Å². The molecule has 0 bridgehead atoms. The first-order chi connectivity index (χ1) is 9.85. The maximum absolute atomic E-state index is 12.5. The molecule has 0 aliphatic carbocycles. The Bertz CT molecular complexity index is 750. The van der Waals surface area contributed by atoms with Crippen LogP contribution >= 0.6 is 11.6 Å². The maximum Gasteiger partial charge on any atom is 0.261 e. The van der Waals surface area contributed by atoms with Crippen molar-refractivity contribution < 1.29 is 8.42 Å². The molecule has 0 fully saturated rings. The SMILES string of the molecule is CCc1ccccc1NS(=O)(=O)c1cc(C)c(Cl)c(N)c1. The van der Waals surface area contributed by atoms with Crippen molar-refractivity contribution in [3.63, 3.8) is 0 Å². The molecule has 0 atom stereocenters. The largest absolute Gasteiger partial charge is 0.397 e. The van der Waals surface area contributed by atoms with Crippen molar-refractivity contribution in [2.24, 2.45) is 0 Å². The summed E-state index contributed by atoms with van der Waals surface area (Å²) in [7, 11) is -3.70. The normalized spacial score (nSPS) is 11.4. The van der Waals surface area contributed by atoms with Crippen molar-refractivity contribution in [1.29, 1.82) is 0 Å². The number of aryl methyl sites for hydroxylation is 2. The quantitative estimate of drug-likeness (QED) is 0.844. The zero-order chi connectivity index (χ0) is 15.6. The summed E-state index contributed by atoms with van der Waals surface area (Å²) < 4.78 is 27.6. The molecule has 2 aromatic rings. The Morgan fingerprint density at radius 2 is 1.90 bits per heavy atom. The van der Waals surface area contributed by atoms with Gasteiger partial charge in [0.2, 0.25) is 0 Å². The number of rotatable bonds is 4. The highest BCUT2D eigenvalue weighted by atomic mass is 35.5. The third kappa shape index (κ3) is 3.31. The zero-order valence-electron chi connectivity index (χ0n) is 11.9. The van der Waals surface area contributed by atoms with Gasteiger partial charge in [-0.3, -0.25) is 4.72 Å². The number of nitrogens with two attached hydrogens (primary N) is 1. The van der Waals surface area contributed by atoms with Crippen LogP contribution in [0, 0.1) is 6.92 Å². The van der Waals surface area contributed by atoms with E-state index in [4.69, 9.17) is 17.3 Å². The molecule has 6 heteroatoms. The molecule has 0 saturated carbocycles. The van der Waals surface area contributed by atoms with Crippen LogP contribution < -0.4 is 10.5 Å². The number of anilines is 2. The monoisotopic (exact) mass is 324 g/mol. The topological polar surface area (TPSA) is 72.2 Å². The third-order valence-corrected chi connectivity index (χ3v) is 5.07. The number of sulfonamides is 1. The summed E-state index contributed by atoms with van der Waals surface area (Å²) in [6.45, 7) is 3.69. The van der Waals surface area contributed by atoms with E-state index >= 15 is 0 Å². The summed E-state index contributed by atoms with van der Waals surface area (Å²) in [5.74, 6) is 0. The molecule has 0 aliphatic heterocycles. The van der Waals surface area contributed by atoms with Gasteiger partial charge in [0.05, 0.1) is 21.3 Å². The minimum atomic E-state index is -3.70. The van der Waals surface area contributed by atoms with Gasteiger partial charge in [0.25, 0.3) is 10.0 Å². The molecule has 0 aliphatic rings. The Morgan fingerprint density at radius 1 is 1.24 bits per heavy atom. The predicted molar refractivity (Wildman–Crippen MR) is 87.2 cm³/mol. The minimum Gasteiger partial charge on any atom is -0.397 e. The van der Waals surface area contributed by atoms with Crippen molar-refractivity contribution in [3.8, 4) is 0 Å². The van der Waals surface area contributed by atoms with Gasteiger partial charge in [0.1, 0.15) is 0 Å². The van der Waals surface area contributed by atoms with Crippen molar-refractivity contribution in [2.75, 3.05) is 10.5 Å². The molecule has 0 spiro atoms. The van der Waals surface area contributed by atoms with E-state index in [9.17, 15) is 8.42 Å². The Kier molecular flexibility index (Phi) is 4.44. The number of hydrogen-bond acceptors (Lipinski definition) is 3. The average molecular weight is 325 g/mol. The highest BCUT2D eigenvalue weighted by molar-refractivity contribution is 7.92. The van der Waals surface area contributed by atoms with E-state index < -0.39 is 10.0 Å². The zero-order valence-corrected chi connectivity index (χ0v) is 13.4. The van der Waals surface area contributed by atoms with E-state index in [0.29, 0.717) is 16.3 Å². The van der Waals surface area contributed by atoms with E-state index in [1.54, 1.807) is 19.1 Å². The second kappa shape index (κ2) is 5.95. The summed E-state index contributed by atoms with van der Waals surface area (Å²) in [6.07, 6.45) is 0.737. The van der Waals surface area contributed by atoms with Crippen LogP contribution in [0.4, 0.5) is 11.4 Å². The molecule has 0 aromatic heterocycles. The molecule has 3 N–H and O–H groups in total. The number of para-hydroxylation sites is 1. The van der Waals surface area contributed by atoms with E-state index in [2.05, 4.69) is 4.72 Å². The molecular formula is C15H17ClN2O2S. The second-order valence-electron chi connectivity index (χ2n) is 4.76. The fourth-order valence-corrected chi connectivity index (χ4v) is 3.38. The summed E-state index contributed by atoms with van der Waals surface area (Å²) in [5.41, 5.74) is 8.13. The number of halogens is 1. The van der Waals surface area contributed by atoms with Crippen molar-refractivity contribution in [2.45, 2.75) is 25.2 Å². The molecule has 0 radical (unpaired) electrons. The smallest absolute Gasteiger partial charge is 0.261 e. The summed E-state index contributed by atoms with van der Waals surface area (Å²) in [6, 6.07) is 10.2. The van der Waals surface area contributed by atoms with Gasteiger partial charge in [-0.2, -0.15) is 0 Å². The van der Waals surface area contributed by atoms with Crippen LogP contribution in [0.5, 0.6) is 0 Å². The molecule has 4 nitrogen and oxygen atoms in total. The van der Waals surface area contributed by atoms with Gasteiger partial charge >= 0.3 is 0 Å². The molecule has 0 amide bonds. The lowest BCUT2D eigenvalue weighted by Crippen LogP contribution is -2.14. The third-order valence-electron chi connectivity index (χ3n) is 3.21. The van der Waals surface area contributed by atoms with Crippen LogP contribution in [0.3, 0.4) is 0 Å². The Hall–Kier alpha value is -1.72. The van der Waals surface area contributed by atoms with Crippen molar-refractivity contribution in [1.82, 2.24) is 0 Å². The van der Waals surface area contributed by atoms with Crippen molar-refractivity contribution in [3.05, 3.63) is 52.5 Å². The fourth-order valence-electron chi connectivity index (χ4n) is 2.05. The van der Waals surface area contributed by atoms with E-state index in [1.807, 2.05) is 19.1 Å². The Labute approximate surface area is 130 Å². The predicted octanol–water partition coefficient (Wildman–Crippen LogP) is 3.59. The maximum atomic E-state index is 12.5. The van der Waals surface area contributed by atoms with Gasteiger partial charge in [-0.15, -0.1) is 0 Å². The first-order valence-corrected chi connectivity index (χ1v) is 8.37. The second-order valence-corrected chi connectivity index (χ2v) is 6.82. The summed E-state index contributed by atoms with van der Waals surface area (Å²) in [5, 5.41) is 0.378. The molecule has 0 heterocycles. The summed E-state index contributed by atoms with van der Waals surface area (Å²) in [4.78, 5) is 0.104. The molecule has 2 aromatic carbocycles. The lowest BCUT2D eigenvalue weighted by molar-refractivity contribution is 0.601. The lowest BCUT2D eigenvalue weighted by atomic mass is 10.1. The van der Waals surface area contributed by atoms with Gasteiger partial charge in [-0.1, -0.05) is 36.7 Å². The van der Waals surface area contributed by atoms with Crippen LogP contribution in [0.15, 0.2) is 41.3 Å². The molecular weight excluding hydrogens is 308 g/mol. The fraction of sp³-hybridized carbons (Fsp3) is 0.200. The van der Waals surface area contributed by atoms with Crippen LogP contribution in [0.1, 0.15) is 18.1 Å². The standard InChI is InChI=1S/C15H17ClN2O2S/c1-3-11-6-4-5-7-14(11)18-21(19,20)12-8-10(2)15(16)13(17)9-12/h4-9,18H,3,17H2,1-2H3. The van der Waals surface area contributed by atoms with Gasteiger partial charge in [-0.25, -0.2) is 8.42 Å². The van der Waals surface area contributed by atoms with Gasteiger partial charge in [0.15, 0.2) is 0 Å². The van der Waals surface area contributed by atoms with Crippen LogP contribution in [-0.2, 0) is 16.4 Å². The highest BCUT2D eigenvalue weighted by Gasteiger charge is 2.18. The number of nitrogens with one attached hydrogen (secondary N) is 1. The summed E-state index contributed by atoms with van der Waals surface area (Å²) >= 11 is 5.97. The minimum absolute atomic E-state index is 0.104. The Balaban J connectivity index is 2.44. The molecule has 2 rings (SSSR count). The van der Waals surface area contributed by atoms with E-state index in [1.165, 1.54) is 12.1 Å². The van der Waals surface area contributed by atoms with E-state index in [0.717, 1.165) is 12.0 Å². The van der Waals surface area contributed by atoms with Crippen LogP contribution in [0.2, 0.25) is 5.02 Å². The number of hydrogen-bond donors (Lipinski definition) is 2. The van der Waals surface area contributed by atoms with Gasteiger partial charge in [0, 0.05) is 0 Å². The highest BCUT2D eigenvalue weighted by Crippen LogP contribution is 2.28. The van der Waals surface area contributed by atoms with E-state index in [-0.39, 0.29) is 10.6 Å². The first kappa shape index (κ1) is 15.7. The van der Waals surface area contributed by atoms with Crippen molar-refractivity contribution >= 4 is 33.0 Å². The first-order valence-electron chi connectivity index (χ1n) is 6.51. The van der Waals surface area contributed by atoms with Crippen LogP contribution in [0.25, 0.3) is 0 Å². The number of benzene rings is 2. The molecule has 0 saturated heterocycles. The Morgan fingerprint density at radius 3 is 2.52 bits per heavy atom. The lowest BCUT2D eigenvalue weighted by Gasteiger charge is -2.13. The molecule has 0 unspecified atom stereocenters. The molecule has 112 valence electrons. The van der Waals surface area contributed by atoms with Gasteiger partial charge in [-0.05, 0) is 42.7 Å². The van der Waals surface area contributed by atoms with Gasteiger partial charge < -0.3 is 5.73 Å².